The van der Waals surface area contributed by atoms with Crippen molar-refractivity contribution in [1.29, 1.82) is 0 Å². The molecule has 4 nitrogen and oxygen atoms in total. The van der Waals surface area contributed by atoms with Gasteiger partial charge in [0.2, 0.25) is 5.91 Å². The molecule has 0 unspecified atom stereocenters. The molecule has 0 spiro atoms. The van der Waals surface area contributed by atoms with Gasteiger partial charge in [0, 0.05) is 13.6 Å². The SMILES string of the molecule is Cc1cc(C)cc(OCCC(=O)N(C)CC(C)(C)CN)c1. The molecular formula is C17H28N2O2. The zero-order valence-corrected chi connectivity index (χ0v) is 13.9. The number of carbonyl (C=O) groups is 1. The van der Waals surface area contributed by atoms with E-state index in [0.29, 0.717) is 26.1 Å². The second kappa shape index (κ2) is 7.46. The molecule has 0 atom stereocenters. The minimum Gasteiger partial charge on any atom is -0.493 e. The molecule has 1 amide bonds. The minimum atomic E-state index is -0.0566. The highest BCUT2D eigenvalue weighted by Gasteiger charge is 2.20. The first-order valence-electron chi connectivity index (χ1n) is 7.38. The van der Waals surface area contributed by atoms with E-state index < -0.39 is 0 Å². The zero-order valence-electron chi connectivity index (χ0n) is 13.9. The largest absolute Gasteiger partial charge is 0.493 e. The van der Waals surface area contributed by atoms with Crippen molar-refractivity contribution in [3.63, 3.8) is 0 Å². The quantitative estimate of drug-likeness (QED) is 0.840. The molecular weight excluding hydrogens is 264 g/mol. The van der Waals surface area contributed by atoms with Gasteiger partial charge in [-0.25, -0.2) is 0 Å². The molecule has 0 aliphatic heterocycles. The first kappa shape index (κ1) is 17.5. The van der Waals surface area contributed by atoms with Crippen LogP contribution in [0.15, 0.2) is 18.2 Å². The molecule has 0 aliphatic carbocycles. The summed E-state index contributed by atoms with van der Waals surface area (Å²) in [5.74, 6) is 0.908. The van der Waals surface area contributed by atoms with Crippen LogP contribution in [-0.4, -0.2) is 37.6 Å². The van der Waals surface area contributed by atoms with Gasteiger partial charge in [-0.15, -0.1) is 0 Å². The number of aryl methyl sites for hydroxylation is 2. The number of hydrogen-bond acceptors (Lipinski definition) is 3. The Morgan fingerprint density at radius 2 is 1.81 bits per heavy atom. The number of nitrogens with two attached hydrogens (primary N) is 1. The minimum absolute atomic E-state index is 0.0566. The van der Waals surface area contributed by atoms with Gasteiger partial charge in [0.15, 0.2) is 0 Å². The van der Waals surface area contributed by atoms with Crippen LogP contribution in [0.1, 0.15) is 31.4 Å². The Hall–Kier alpha value is -1.55. The standard InChI is InChI=1S/C17H28N2O2/c1-13-8-14(2)10-15(9-13)21-7-6-16(20)19(5)12-17(3,4)11-18/h8-10H,6-7,11-12,18H2,1-5H3. The van der Waals surface area contributed by atoms with Gasteiger partial charge in [-0.2, -0.15) is 0 Å². The van der Waals surface area contributed by atoms with E-state index in [9.17, 15) is 4.79 Å². The van der Waals surface area contributed by atoms with Gasteiger partial charge < -0.3 is 15.4 Å². The Balaban J connectivity index is 2.43. The fraction of sp³-hybridized carbons (Fsp3) is 0.588. The third-order valence-corrected chi connectivity index (χ3v) is 3.42. The summed E-state index contributed by atoms with van der Waals surface area (Å²) >= 11 is 0. The van der Waals surface area contributed by atoms with E-state index in [0.717, 1.165) is 16.9 Å². The molecule has 1 aromatic rings. The van der Waals surface area contributed by atoms with Crippen LogP contribution >= 0.6 is 0 Å². The van der Waals surface area contributed by atoms with Crippen molar-refractivity contribution in [2.75, 3.05) is 26.7 Å². The number of nitrogens with zero attached hydrogens (tertiary/aromatic N) is 1. The lowest BCUT2D eigenvalue weighted by atomic mass is 9.93. The van der Waals surface area contributed by atoms with Crippen LogP contribution in [0.4, 0.5) is 0 Å². The van der Waals surface area contributed by atoms with Gasteiger partial charge in [0.05, 0.1) is 13.0 Å². The summed E-state index contributed by atoms with van der Waals surface area (Å²) in [7, 11) is 1.82. The first-order valence-corrected chi connectivity index (χ1v) is 7.38. The number of rotatable bonds is 7. The summed E-state index contributed by atoms with van der Waals surface area (Å²) in [6.07, 6.45) is 0.379. The van der Waals surface area contributed by atoms with E-state index in [2.05, 4.69) is 19.9 Å². The van der Waals surface area contributed by atoms with E-state index in [-0.39, 0.29) is 11.3 Å². The molecule has 0 bridgehead atoms. The van der Waals surface area contributed by atoms with Crippen molar-refractivity contribution < 1.29 is 9.53 Å². The topological polar surface area (TPSA) is 55.6 Å². The fourth-order valence-corrected chi connectivity index (χ4v) is 2.26. The molecule has 118 valence electrons. The number of carbonyl (C=O) groups excluding carboxylic acids is 1. The third kappa shape index (κ3) is 6.17. The van der Waals surface area contributed by atoms with E-state index in [1.165, 1.54) is 0 Å². The monoisotopic (exact) mass is 292 g/mol. The average Bonchev–Trinajstić information content (AvgIpc) is 2.37. The second-order valence-electron chi connectivity index (χ2n) is 6.54. The number of amides is 1. The fourth-order valence-electron chi connectivity index (χ4n) is 2.26. The van der Waals surface area contributed by atoms with Crippen LogP contribution < -0.4 is 10.5 Å². The molecule has 0 saturated heterocycles. The lowest BCUT2D eigenvalue weighted by molar-refractivity contribution is -0.131. The summed E-state index contributed by atoms with van der Waals surface area (Å²) in [6, 6.07) is 6.07. The molecule has 1 rings (SSSR count). The maximum atomic E-state index is 12.1. The molecule has 0 fully saturated rings. The average molecular weight is 292 g/mol. The number of hydrogen-bond donors (Lipinski definition) is 1. The molecule has 0 radical (unpaired) electrons. The Kier molecular flexibility index (Phi) is 6.21. The van der Waals surface area contributed by atoms with Crippen molar-refractivity contribution >= 4 is 5.91 Å². The third-order valence-electron chi connectivity index (χ3n) is 3.42. The van der Waals surface area contributed by atoms with Gasteiger partial charge in [-0.3, -0.25) is 4.79 Å². The van der Waals surface area contributed by atoms with Crippen LogP contribution in [-0.2, 0) is 4.79 Å². The summed E-state index contributed by atoms with van der Waals surface area (Å²) in [5.41, 5.74) is 7.97. The molecule has 0 aromatic heterocycles. The van der Waals surface area contributed by atoms with Crippen LogP contribution in [0.25, 0.3) is 0 Å². The Labute approximate surface area is 128 Å². The highest BCUT2D eigenvalue weighted by molar-refractivity contribution is 5.76. The van der Waals surface area contributed by atoms with Crippen molar-refractivity contribution in [1.82, 2.24) is 4.90 Å². The molecule has 0 aliphatic rings. The van der Waals surface area contributed by atoms with Crippen molar-refractivity contribution in [3.8, 4) is 5.75 Å². The molecule has 21 heavy (non-hydrogen) atoms. The maximum Gasteiger partial charge on any atom is 0.225 e. The lowest BCUT2D eigenvalue weighted by Gasteiger charge is -2.29. The van der Waals surface area contributed by atoms with Crippen molar-refractivity contribution in [2.45, 2.75) is 34.1 Å². The van der Waals surface area contributed by atoms with Crippen LogP contribution in [0.3, 0.4) is 0 Å². The van der Waals surface area contributed by atoms with E-state index in [1.807, 2.05) is 33.0 Å². The van der Waals surface area contributed by atoms with Crippen LogP contribution in [0, 0.1) is 19.3 Å². The summed E-state index contributed by atoms with van der Waals surface area (Å²) < 4.78 is 5.67. The van der Waals surface area contributed by atoms with Crippen LogP contribution in [0.5, 0.6) is 5.75 Å². The molecule has 1 aromatic carbocycles. The van der Waals surface area contributed by atoms with Gasteiger partial charge >= 0.3 is 0 Å². The molecule has 0 heterocycles. The lowest BCUT2D eigenvalue weighted by Crippen LogP contribution is -2.40. The smallest absolute Gasteiger partial charge is 0.225 e. The van der Waals surface area contributed by atoms with E-state index in [1.54, 1.807) is 4.90 Å². The van der Waals surface area contributed by atoms with Gasteiger partial charge in [0.25, 0.3) is 0 Å². The molecule has 2 N–H and O–H groups in total. The number of benzene rings is 1. The zero-order chi connectivity index (χ0) is 16.0. The van der Waals surface area contributed by atoms with Gasteiger partial charge in [-0.05, 0) is 49.1 Å². The second-order valence-corrected chi connectivity index (χ2v) is 6.54. The van der Waals surface area contributed by atoms with Gasteiger partial charge in [-0.1, -0.05) is 19.9 Å². The van der Waals surface area contributed by atoms with E-state index >= 15 is 0 Å². The molecule has 4 heteroatoms. The van der Waals surface area contributed by atoms with Gasteiger partial charge in [0.1, 0.15) is 5.75 Å². The van der Waals surface area contributed by atoms with E-state index in [4.69, 9.17) is 10.5 Å². The highest BCUT2D eigenvalue weighted by atomic mass is 16.5. The Bertz CT molecular complexity index is 463. The summed E-state index contributed by atoms with van der Waals surface area (Å²) in [6.45, 7) is 9.80. The van der Waals surface area contributed by atoms with Crippen LogP contribution in [0.2, 0.25) is 0 Å². The predicted molar refractivity (Wildman–Crippen MR) is 86.5 cm³/mol. The first-order chi connectivity index (χ1) is 9.73. The summed E-state index contributed by atoms with van der Waals surface area (Å²) in [5, 5.41) is 0. The van der Waals surface area contributed by atoms with Crippen molar-refractivity contribution in [3.05, 3.63) is 29.3 Å². The maximum absolute atomic E-state index is 12.1. The summed E-state index contributed by atoms with van der Waals surface area (Å²) in [4.78, 5) is 13.8. The number of ether oxygens (including phenoxy) is 1. The molecule has 0 saturated carbocycles. The Morgan fingerprint density at radius 3 is 2.33 bits per heavy atom. The van der Waals surface area contributed by atoms with Crippen molar-refractivity contribution in [2.24, 2.45) is 11.1 Å². The normalized spacial score (nSPS) is 11.3. The highest BCUT2D eigenvalue weighted by Crippen LogP contribution is 2.17. The predicted octanol–water partition coefficient (Wildman–Crippen LogP) is 2.52. The Morgan fingerprint density at radius 1 is 1.24 bits per heavy atom.